The van der Waals surface area contributed by atoms with E-state index in [1.165, 1.54) is 0 Å². The number of H-pyrrole nitrogens is 1. The lowest BCUT2D eigenvalue weighted by Crippen LogP contribution is -2.08. The van der Waals surface area contributed by atoms with Crippen LogP contribution in [-0.2, 0) is 0 Å². The van der Waals surface area contributed by atoms with Gasteiger partial charge in [-0.1, -0.05) is 15.9 Å². The molecule has 4 aromatic rings. The van der Waals surface area contributed by atoms with Crippen molar-refractivity contribution in [2.75, 3.05) is 0 Å². The fourth-order valence-electron chi connectivity index (χ4n) is 2.32. The van der Waals surface area contributed by atoms with Crippen molar-refractivity contribution in [3.8, 4) is 11.4 Å². The maximum absolute atomic E-state index is 12.3. The van der Waals surface area contributed by atoms with E-state index in [1.807, 2.05) is 18.2 Å². The molecule has 5 nitrogen and oxygen atoms in total. The molecule has 3 aromatic heterocycles. The van der Waals surface area contributed by atoms with Gasteiger partial charge in [-0.2, -0.15) is 0 Å². The van der Waals surface area contributed by atoms with Gasteiger partial charge in [0.1, 0.15) is 16.9 Å². The predicted molar refractivity (Wildman–Crippen MR) is 90.8 cm³/mol. The quantitative estimate of drug-likeness (QED) is 0.499. The van der Waals surface area contributed by atoms with Crippen LogP contribution in [0.4, 0.5) is 0 Å². The minimum absolute atomic E-state index is 0.224. The molecule has 0 amide bonds. The van der Waals surface area contributed by atoms with Crippen LogP contribution in [0.15, 0.2) is 54.8 Å². The van der Waals surface area contributed by atoms with Gasteiger partial charge in [-0.3, -0.25) is 9.78 Å². The third-order valence-corrected chi connectivity index (χ3v) is 4.44. The van der Waals surface area contributed by atoms with Gasteiger partial charge in [0.2, 0.25) is 5.58 Å². The minimum Gasteiger partial charge on any atom is -0.449 e. The highest BCUT2D eigenvalue weighted by Crippen LogP contribution is 2.30. The molecule has 3 heterocycles. The highest BCUT2D eigenvalue weighted by Gasteiger charge is 2.15. The minimum atomic E-state index is -0.309. The number of rotatable bonds is 1. The van der Waals surface area contributed by atoms with Gasteiger partial charge in [-0.25, -0.2) is 4.98 Å². The molecule has 0 spiro atoms. The Kier molecular flexibility index (Phi) is 3.12. The molecule has 0 radical (unpaired) electrons. The highest BCUT2D eigenvalue weighted by molar-refractivity contribution is 9.10. The van der Waals surface area contributed by atoms with E-state index in [0.717, 1.165) is 19.9 Å². The largest absolute Gasteiger partial charge is 0.449 e. The molecular formula is C15H7Br2N3O2. The molecule has 0 atom stereocenters. The number of hydrogen-bond donors (Lipinski definition) is 1. The van der Waals surface area contributed by atoms with Crippen LogP contribution >= 0.6 is 31.9 Å². The van der Waals surface area contributed by atoms with Crippen LogP contribution in [0.3, 0.4) is 0 Å². The maximum atomic E-state index is 12.3. The van der Waals surface area contributed by atoms with Crippen molar-refractivity contribution in [3.05, 3.63) is 56.0 Å². The van der Waals surface area contributed by atoms with Crippen molar-refractivity contribution in [1.29, 1.82) is 0 Å². The molecule has 0 aliphatic rings. The van der Waals surface area contributed by atoms with Gasteiger partial charge >= 0.3 is 0 Å². The zero-order valence-electron chi connectivity index (χ0n) is 10.9. The van der Waals surface area contributed by atoms with Gasteiger partial charge in [-0.05, 0) is 40.2 Å². The second-order valence-electron chi connectivity index (χ2n) is 4.69. The fourth-order valence-corrected chi connectivity index (χ4v) is 3.12. The lowest BCUT2D eigenvalue weighted by atomic mass is 10.2. The molecule has 7 heteroatoms. The Bertz CT molecular complexity index is 1090. The van der Waals surface area contributed by atoms with Crippen LogP contribution < -0.4 is 5.56 Å². The SMILES string of the molecule is O=c1[nH]c(-c2ccncc2Br)nc2c1oc1ccc(Br)cc12. The van der Waals surface area contributed by atoms with Crippen LogP contribution in [0.1, 0.15) is 0 Å². The molecule has 0 aliphatic heterocycles. The fraction of sp³-hybridized carbons (Fsp3) is 0. The number of furan rings is 1. The second-order valence-corrected chi connectivity index (χ2v) is 6.46. The molecule has 1 N–H and O–H groups in total. The third-order valence-electron chi connectivity index (χ3n) is 3.31. The first kappa shape index (κ1) is 13.7. The average Bonchev–Trinajstić information content (AvgIpc) is 2.86. The van der Waals surface area contributed by atoms with Crippen molar-refractivity contribution < 1.29 is 4.42 Å². The van der Waals surface area contributed by atoms with E-state index in [0.29, 0.717) is 16.9 Å². The molecular weight excluding hydrogens is 414 g/mol. The molecule has 22 heavy (non-hydrogen) atoms. The van der Waals surface area contributed by atoms with E-state index in [9.17, 15) is 4.79 Å². The zero-order valence-corrected chi connectivity index (χ0v) is 14.1. The molecule has 108 valence electrons. The summed E-state index contributed by atoms with van der Waals surface area (Å²) in [7, 11) is 0. The van der Waals surface area contributed by atoms with E-state index in [2.05, 4.69) is 46.8 Å². The Balaban J connectivity index is 2.11. The van der Waals surface area contributed by atoms with Crippen molar-refractivity contribution >= 4 is 53.9 Å². The average molecular weight is 421 g/mol. The lowest BCUT2D eigenvalue weighted by molar-refractivity contribution is 0.661. The molecule has 0 aliphatic carbocycles. The third kappa shape index (κ3) is 2.08. The number of fused-ring (bicyclic) bond motifs is 3. The Morgan fingerprint density at radius 2 is 2.05 bits per heavy atom. The predicted octanol–water partition coefficient (Wildman–Crippen LogP) is 4.26. The van der Waals surface area contributed by atoms with E-state index < -0.39 is 0 Å². The summed E-state index contributed by atoms with van der Waals surface area (Å²) in [5, 5.41) is 0.793. The first-order valence-corrected chi connectivity index (χ1v) is 7.94. The number of aromatic nitrogens is 3. The molecule has 4 rings (SSSR count). The van der Waals surface area contributed by atoms with Crippen LogP contribution in [0.2, 0.25) is 0 Å². The Morgan fingerprint density at radius 1 is 1.18 bits per heavy atom. The highest BCUT2D eigenvalue weighted by atomic mass is 79.9. The van der Waals surface area contributed by atoms with Crippen LogP contribution in [-0.4, -0.2) is 15.0 Å². The summed E-state index contributed by atoms with van der Waals surface area (Å²) >= 11 is 6.84. The summed E-state index contributed by atoms with van der Waals surface area (Å²) in [6.07, 6.45) is 3.30. The Morgan fingerprint density at radius 3 is 2.86 bits per heavy atom. The van der Waals surface area contributed by atoms with Crippen molar-refractivity contribution in [2.24, 2.45) is 0 Å². The second kappa shape index (κ2) is 5.03. The number of nitrogens with one attached hydrogen (secondary N) is 1. The van der Waals surface area contributed by atoms with Gasteiger partial charge < -0.3 is 9.40 Å². The van der Waals surface area contributed by atoms with E-state index in [4.69, 9.17) is 4.42 Å². The first-order valence-electron chi connectivity index (χ1n) is 6.35. The maximum Gasteiger partial charge on any atom is 0.294 e. The van der Waals surface area contributed by atoms with Gasteiger partial charge in [0, 0.05) is 32.3 Å². The number of pyridine rings is 1. The number of halogens is 2. The molecule has 0 unspecified atom stereocenters. The zero-order chi connectivity index (χ0) is 15.3. The Labute approximate surface area is 140 Å². The van der Waals surface area contributed by atoms with Crippen molar-refractivity contribution in [2.45, 2.75) is 0 Å². The summed E-state index contributed by atoms with van der Waals surface area (Å²) in [6, 6.07) is 7.34. The van der Waals surface area contributed by atoms with Crippen LogP contribution in [0.5, 0.6) is 0 Å². The van der Waals surface area contributed by atoms with E-state index >= 15 is 0 Å². The summed E-state index contributed by atoms with van der Waals surface area (Å²) in [6.45, 7) is 0. The summed E-state index contributed by atoms with van der Waals surface area (Å²) in [5.74, 6) is 0.467. The number of nitrogens with zero attached hydrogens (tertiary/aromatic N) is 2. The lowest BCUT2D eigenvalue weighted by Gasteiger charge is -2.02. The molecule has 1 aromatic carbocycles. The molecule has 0 fully saturated rings. The van der Waals surface area contributed by atoms with Gasteiger partial charge in [0.05, 0.1) is 0 Å². The smallest absolute Gasteiger partial charge is 0.294 e. The van der Waals surface area contributed by atoms with E-state index in [-0.39, 0.29) is 11.1 Å². The van der Waals surface area contributed by atoms with Crippen LogP contribution in [0.25, 0.3) is 33.5 Å². The summed E-state index contributed by atoms with van der Waals surface area (Å²) < 4.78 is 7.26. The Hall–Kier alpha value is -1.99. The van der Waals surface area contributed by atoms with E-state index in [1.54, 1.807) is 18.5 Å². The van der Waals surface area contributed by atoms with Crippen molar-refractivity contribution in [1.82, 2.24) is 15.0 Å². The van der Waals surface area contributed by atoms with Gasteiger partial charge in [-0.15, -0.1) is 0 Å². The first-order chi connectivity index (χ1) is 10.6. The molecule has 0 saturated carbocycles. The number of hydrogen-bond acceptors (Lipinski definition) is 4. The normalized spacial score (nSPS) is 11.4. The van der Waals surface area contributed by atoms with Gasteiger partial charge in [0.15, 0.2) is 0 Å². The topological polar surface area (TPSA) is 71.8 Å². The number of benzene rings is 1. The summed E-state index contributed by atoms with van der Waals surface area (Å²) in [4.78, 5) is 23.6. The number of aromatic amines is 1. The van der Waals surface area contributed by atoms with Gasteiger partial charge in [0.25, 0.3) is 5.56 Å². The van der Waals surface area contributed by atoms with Crippen molar-refractivity contribution in [3.63, 3.8) is 0 Å². The molecule has 0 bridgehead atoms. The monoisotopic (exact) mass is 419 g/mol. The van der Waals surface area contributed by atoms with Crippen LogP contribution in [0, 0.1) is 0 Å². The standard InChI is InChI=1S/C15H7Br2N3O2/c16-7-1-2-11-9(5-7)12-13(22-11)15(21)20-14(19-12)8-3-4-18-6-10(8)17/h1-6H,(H,19,20,21). The molecule has 0 saturated heterocycles. The summed E-state index contributed by atoms with van der Waals surface area (Å²) in [5.41, 5.74) is 1.84.